The molecule has 0 fully saturated rings. The van der Waals surface area contributed by atoms with E-state index in [0.717, 1.165) is 12.0 Å². The molecule has 0 spiro atoms. The summed E-state index contributed by atoms with van der Waals surface area (Å²) in [7, 11) is -3.77. The van der Waals surface area contributed by atoms with Gasteiger partial charge in [0.15, 0.2) is 0 Å². The van der Waals surface area contributed by atoms with Crippen molar-refractivity contribution in [3.8, 4) is 0 Å². The van der Waals surface area contributed by atoms with Gasteiger partial charge in [0.2, 0.25) is 0 Å². The van der Waals surface area contributed by atoms with Gasteiger partial charge in [-0.25, -0.2) is 8.42 Å². The second-order valence-corrected chi connectivity index (χ2v) is 6.97. The van der Waals surface area contributed by atoms with E-state index in [1.807, 2.05) is 12.1 Å². The summed E-state index contributed by atoms with van der Waals surface area (Å²) in [6, 6.07) is 12.0. The molecule has 0 saturated carbocycles. The number of rotatable bonds is 6. The van der Waals surface area contributed by atoms with E-state index in [1.54, 1.807) is 12.1 Å². The van der Waals surface area contributed by atoms with Crippen LogP contribution in [0, 0.1) is 10.1 Å². The Morgan fingerprint density at radius 3 is 2.13 bits per heavy atom. The zero-order valence-electron chi connectivity index (χ0n) is 12.9. The Labute approximate surface area is 135 Å². The molecule has 2 aromatic rings. The molecule has 0 aliphatic rings. The third-order valence-electron chi connectivity index (χ3n) is 3.70. The highest BCUT2D eigenvalue weighted by Gasteiger charge is 2.16. The highest BCUT2D eigenvalue weighted by Crippen LogP contribution is 2.23. The lowest BCUT2D eigenvalue weighted by molar-refractivity contribution is -0.384. The molecule has 0 bridgehead atoms. The number of nitro benzene ring substituents is 1. The molecule has 0 amide bonds. The summed E-state index contributed by atoms with van der Waals surface area (Å²) in [6.45, 7) is 4.20. The number of nitrogens with one attached hydrogen (secondary N) is 1. The third-order valence-corrected chi connectivity index (χ3v) is 5.10. The zero-order valence-corrected chi connectivity index (χ0v) is 13.7. The van der Waals surface area contributed by atoms with Crippen molar-refractivity contribution in [2.24, 2.45) is 0 Å². The molecular formula is C16H18N2O4S. The Kier molecular flexibility index (Phi) is 5.00. The van der Waals surface area contributed by atoms with Gasteiger partial charge in [0, 0.05) is 17.8 Å². The third kappa shape index (κ3) is 4.07. The predicted octanol–water partition coefficient (Wildman–Crippen LogP) is 3.91. The first-order valence-electron chi connectivity index (χ1n) is 7.20. The van der Waals surface area contributed by atoms with Crippen LogP contribution in [0.15, 0.2) is 53.4 Å². The van der Waals surface area contributed by atoms with Crippen LogP contribution in [-0.2, 0) is 10.0 Å². The second kappa shape index (κ2) is 6.78. The van der Waals surface area contributed by atoms with Crippen molar-refractivity contribution in [3.63, 3.8) is 0 Å². The van der Waals surface area contributed by atoms with Crippen molar-refractivity contribution >= 4 is 21.4 Å². The highest BCUT2D eigenvalue weighted by molar-refractivity contribution is 7.92. The number of sulfonamides is 1. The Bertz CT molecular complexity index is 784. The number of anilines is 1. The van der Waals surface area contributed by atoms with Gasteiger partial charge < -0.3 is 0 Å². The fourth-order valence-electron chi connectivity index (χ4n) is 2.08. The van der Waals surface area contributed by atoms with Crippen molar-refractivity contribution in [1.29, 1.82) is 0 Å². The summed E-state index contributed by atoms with van der Waals surface area (Å²) in [5.41, 5.74) is 1.45. The zero-order chi connectivity index (χ0) is 17.0. The Balaban J connectivity index is 2.19. The van der Waals surface area contributed by atoms with Crippen molar-refractivity contribution in [2.75, 3.05) is 4.72 Å². The van der Waals surface area contributed by atoms with Crippen molar-refractivity contribution in [2.45, 2.75) is 31.1 Å². The molecule has 6 nitrogen and oxygen atoms in total. The summed E-state index contributed by atoms with van der Waals surface area (Å²) in [5, 5.41) is 10.6. The number of nitrogens with zero attached hydrogens (tertiary/aromatic N) is 1. The lowest BCUT2D eigenvalue weighted by atomic mass is 9.99. The van der Waals surface area contributed by atoms with Crippen LogP contribution < -0.4 is 4.72 Å². The molecule has 2 rings (SSSR count). The van der Waals surface area contributed by atoms with E-state index in [1.165, 1.54) is 24.3 Å². The number of benzene rings is 2. The van der Waals surface area contributed by atoms with Gasteiger partial charge in [-0.3, -0.25) is 14.8 Å². The average Bonchev–Trinajstić information content (AvgIpc) is 2.54. The van der Waals surface area contributed by atoms with Gasteiger partial charge in [-0.15, -0.1) is 0 Å². The van der Waals surface area contributed by atoms with Gasteiger partial charge in [-0.1, -0.05) is 26.0 Å². The van der Waals surface area contributed by atoms with E-state index in [4.69, 9.17) is 0 Å². The smallest absolute Gasteiger partial charge is 0.269 e. The van der Waals surface area contributed by atoms with Crippen molar-refractivity contribution in [3.05, 3.63) is 64.2 Å². The van der Waals surface area contributed by atoms with E-state index in [2.05, 4.69) is 18.6 Å². The maximum atomic E-state index is 12.3. The van der Waals surface area contributed by atoms with Crippen LogP contribution in [0.2, 0.25) is 0 Å². The van der Waals surface area contributed by atoms with Crippen LogP contribution in [-0.4, -0.2) is 13.3 Å². The fraction of sp³-hybridized carbons (Fsp3) is 0.250. The van der Waals surface area contributed by atoms with Gasteiger partial charge in [0.1, 0.15) is 0 Å². The first-order valence-corrected chi connectivity index (χ1v) is 8.69. The molecule has 0 aliphatic carbocycles. The minimum Gasteiger partial charge on any atom is -0.280 e. The van der Waals surface area contributed by atoms with Crippen LogP contribution in [0.3, 0.4) is 0 Å². The molecule has 1 unspecified atom stereocenters. The van der Waals surface area contributed by atoms with Crippen LogP contribution in [0.25, 0.3) is 0 Å². The molecule has 0 heterocycles. The van der Waals surface area contributed by atoms with Crippen LogP contribution >= 0.6 is 0 Å². The monoisotopic (exact) mass is 334 g/mol. The molecule has 0 saturated heterocycles. The van der Waals surface area contributed by atoms with E-state index in [-0.39, 0.29) is 10.6 Å². The van der Waals surface area contributed by atoms with Crippen LogP contribution in [0.4, 0.5) is 11.4 Å². The van der Waals surface area contributed by atoms with E-state index in [0.29, 0.717) is 11.6 Å². The SMILES string of the molecule is CCC(C)c1ccc(NS(=O)(=O)c2ccc([N+](=O)[O-])cc2)cc1. The molecule has 1 atom stereocenters. The van der Waals surface area contributed by atoms with E-state index in [9.17, 15) is 18.5 Å². The average molecular weight is 334 g/mol. The van der Waals surface area contributed by atoms with Gasteiger partial charge in [-0.2, -0.15) is 0 Å². The summed E-state index contributed by atoms with van der Waals surface area (Å²) in [5.74, 6) is 0.412. The minimum atomic E-state index is -3.77. The number of nitro groups is 1. The standard InChI is InChI=1S/C16H18N2O4S/c1-3-12(2)13-4-6-14(7-5-13)17-23(21,22)16-10-8-15(9-11-16)18(19)20/h4-12,17H,3H2,1-2H3. The lowest BCUT2D eigenvalue weighted by Gasteiger charge is -2.11. The summed E-state index contributed by atoms with van der Waals surface area (Å²) in [4.78, 5) is 10.0. The van der Waals surface area contributed by atoms with Gasteiger partial charge >= 0.3 is 0 Å². The Morgan fingerprint density at radius 1 is 1.09 bits per heavy atom. The molecule has 0 aromatic heterocycles. The van der Waals surface area contributed by atoms with Gasteiger partial charge in [0.05, 0.1) is 9.82 Å². The first kappa shape index (κ1) is 17.0. The van der Waals surface area contributed by atoms with Crippen LogP contribution in [0.5, 0.6) is 0 Å². The Morgan fingerprint density at radius 2 is 1.65 bits per heavy atom. The maximum absolute atomic E-state index is 12.3. The number of hydrogen-bond acceptors (Lipinski definition) is 4. The lowest BCUT2D eigenvalue weighted by Crippen LogP contribution is -2.13. The molecular weight excluding hydrogens is 316 g/mol. The fourth-order valence-corrected chi connectivity index (χ4v) is 3.14. The summed E-state index contributed by atoms with van der Waals surface area (Å²) in [6.07, 6.45) is 1.01. The topological polar surface area (TPSA) is 89.3 Å². The van der Waals surface area contributed by atoms with Crippen LogP contribution in [0.1, 0.15) is 31.7 Å². The maximum Gasteiger partial charge on any atom is 0.269 e. The molecule has 0 radical (unpaired) electrons. The van der Waals surface area contributed by atoms with Gasteiger partial charge in [-0.05, 0) is 42.2 Å². The molecule has 23 heavy (non-hydrogen) atoms. The molecule has 122 valence electrons. The van der Waals surface area contributed by atoms with Crippen molar-refractivity contribution in [1.82, 2.24) is 0 Å². The molecule has 2 aromatic carbocycles. The van der Waals surface area contributed by atoms with Gasteiger partial charge in [0.25, 0.3) is 15.7 Å². The highest BCUT2D eigenvalue weighted by atomic mass is 32.2. The molecule has 7 heteroatoms. The second-order valence-electron chi connectivity index (χ2n) is 5.29. The van der Waals surface area contributed by atoms with Crippen molar-refractivity contribution < 1.29 is 13.3 Å². The Hall–Kier alpha value is -2.41. The predicted molar refractivity (Wildman–Crippen MR) is 89.1 cm³/mol. The summed E-state index contributed by atoms with van der Waals surface area (Å²) < 4.78 is 27.0. The largest absolute Gasteiger partial charge is 0.280 e. The molecule has 1 N–H and O–H groups in total. The minimum absolute atomic E-state index is 0.0193. The quantitative estimate of drug-likeness (QED) is 0.640. The number of non-ortho nitro benzene ring substituents is 1. The normalized spacial score (nSPS) is 12.6. The van der Waals surface area contributed by atoms with E-state index >= 15 is 0 Å². The number of hydrogen-bond donors (Lipinski definition) is 1. The van der Waals surface area contributed by atoms with E-state index < -0.39 is 14.9 Å². The summed E-state index contributed by atoms with van der Waals surface area (Å²) >= 11 is 0. The molecule has 0 aliphatic heterocycles. The first-order chi connectivity index (χ1) is 10.8.